The first-order valence-electron chi connectivity index (χ1n) is 10.2. The van der Waals surface area contributed by atoms with E-state index in [4.69, 9.17) is 5.10 Å². The molecule has 29 heavy (non-hydrogen) atoms. The highest BCUT2D eigenvalue weighted by Gasteiger charge is 2.30. The SMILES string of the molecule is CNC(=O)C1CCCCN1CC(=O)Nc1cc(C(C)(C)C)nn1-c1ccccc1. The summed E-state index contributed by atoms with van der Waals surface area (Å²) in [5.74, 6) is 0.472. The lowest BCUT2D eigenvalue weighted by atomic mass is 9.92. The van der Waals surface area contributed by atoms with Crippen LogP contribution in [0.25, 0.3) is 5.69 Å². The normalized spacial score (nSPS) is 17.7. The molecule has 0 radical (unpaired) electrons. The van der Waals surface area contributed by atoms with Crippen molar-refractivity contribution in [2.75, 3.05) is 25.5 Å². The van der Waals surface area contributed by atoms with Gasteiger partial charge in [0.25, 0.3) is 0 Å². The van der Waals surface area contributed by atoms with Gasteiger partial charge >= 0.3 is 0 Å². The van der Waals surface area contributed by atoms with Crippen molar-refractivity contribution in [3.8, 4) is 5.69 Å². The fourth-order valence-electron chi connectivity index (χ4n) is 3.61. The van der Waals surface area contributed by atoms with Gasteiger partial charge in [-0.25, -0.2) is 4.68 Å². The monoisotopic (exact) mass is 397 g/mol. The van der Waals surface area contributed by atoms with Crippen molar-refractivity contribution < 1.29 is 9.59 Å². The summed E-state index contributed by atoms with van der Waals surface area (Å²) >= 11 is 0. The van der Waals surface area contributed by atoms with Crippen LogP contribution in [0, 0.1) is 0 Å². The summed E-state index contributed by atoms with van der Waals surface area (Å²) in [6.07, 6.45) is 2.78. The van der Waals surface area contributed by atoms with E-state index in [0.29, 0.717) is 5.82 Å². The van der Waals surface area contributed by atoms with Crippen molar-refractivity contribution in [3.63, 3.8) is 0 Å². The van der Waals surface area contributed by atoms with E-state index in [1.807, 2.05) is 41.3 Å². The Labute approximate surface area is 172 Å². The molecule has 2 heterocycles. The molecule has 0 bridgehead atoms. The van der Waals surface area contributed by atoms with Crippen LogP contribution < -0.4 is 10.6 Å². The van der Waals surface area contributed by atoms with Gasteiger partial charge in [-0.2, -0.15) is 5.10 Å². The van der Waals surface area contributed by atoms with Crippen LogP contribution in [0.15, 0.2) is 36.4 Å². The number of rotatable bonds is 5. The molecule has 2 aromatic rings. The average Bonchev–Trinajstić information content (AvgIpc) is 3.12. The van der Waals surface area contributed by atoms with Crippen molar-refractivity contribution >= 4 is 17.6 Å². The van der Waals surface area contributed by atoms with Gasteiger partial charge in [-0.1, -0.05) is 45.4 Å². The number of hydrogen-bond acceptors (Lipinski definition) is 4. The molecule has 0 aliphatic carbocycles. The second kappa shape index (κ2) is 8.78. The largest absolute Gasteiger partial charge is 0.358 e. The smallest absolute Gasteiger partial charge is 0.239 e. The predicted molar refractivity (Wildman–Crippen MR) is 114 cm³/mol. The third kappa shape index (κ3) is 5.03. The Morgan fingerprint density at radius 3 is 2.55 bits per heavy atom. The van der Waals surface area contributed by atoms with E-state index in [0.717, 1.165) is 37.2 Å². The molecule has 7 heteroatoms. The third-order valence-electron chi connectivity index (χ3n) is 5.26. The number of benzene rings is 1. The number of likely N-dealkylation sites (tertiary alicyclic amines) is 1. The molecule has 1 aliphatic heterocycles. The highest BCUT2D eigenvalue weighted by Crippen LogP contribution is 2.26. The second-order valence-electron chi connectivity index (χ2n) is 8.56. The number of aromatic nitrogens is 2. The molecule has 1 atom stereocenters. The summed E-state index contributed by atoms with van der Waals surface area (Å²) in [5.41, 5.74) is 1.65. The summed E-state index contributed by atoms with van der Waals surface area (Å²) in [6.45, 7) is 7.22. The number of carbonyl (C=O) groups excluding carboxylic acids is 2. The molecule has 1 aromatic carbocycles. The summed E-state index contributed by atoms with van der Waals surface area (Å²) < 4.78 is 1.77. The molecule has 1 aliphatic rings. The standard InChI is InChI=1S/C22H31N5O2/c1-22(2,3)18-14-19(27(25-18)16-10-6-5-7-11-16)24-20(28)15-26-13-9-8-12-17(26)21(29)23-4/h5-7,10-11,14,17H,8-9,12-13,15H2,1-4H3,(H,23,29)(H,24,28). The number of piperidine rings is 1. The van der Waals surface area contributed by atoms with Gasteiger partial charge in [0.1, 0.15) is 5.82 Å². The van der Waals surface area contributed by atoms with Crippen LogP contribution in [0.1, 0.15) is 45.7 Å². The van der Waals surface area contributed by atoms with E-state index in [2.05, 4.69) is 31.4 Å². The first-order chi connectivity index (χ1) is 13.8. The molecule has 0 saturated carbocycles. The zero-order chi connectivity index (χ0) is 21.0. The number of carbonyl (C=O) groups is 2. The number of anilines is 1. The summed E-state index contributed by atoms with van der Waals surface area (Å²) in [6, 6.07) is 11.4. The fourth-order valence-corrected chi connectivity index (χ4v) is 3.61. The van der Waals surface area contributed by atoms with Gasteiger partial charge in [-0.3, -0.25) is 14.5 Å². The Bertz CT molecular complexity index is 854. The first-order valence-corrected chi connectivity index (χ1v) is 10.2. The molecule has 1 aromatic heterocycles. The van der Waals surface area contributed by atoms with Crippen LogP contribution in [0.2, 0.25) is 0 Å². The predicted octanol–water partition coefficient (Wildman–Crippen LogP) is 2.71. The Balaban J connectivity index is 1.80. The maximum absolute atomic E-state index is 12.9. The minimum Gasteiger partial charge on any atom is -0.358 e. The van der Waals surface area contributed by atoms with Gasteiger partial charge in [-0.15, -0.1) is 0 Å². The molecule has 7 nitrogen and oxygen atoms in total. The number of hydrogen-bond donors (Lipinski definition) is 2. The topological polar surface area (TPSA) is 79.3 Å². The molecule has 1 unspecified atom stereocenters. The van der Waals surface area contributed by atoms with Crippen LogP contribution in [-0.4, -0.2) is 52.7 Å². The Morgan fingerprint density at radius 1 is 1.17 bits per heavy atom. The zero-order valence-corrected chi connectivity index (χ0v) is 17.7. The van der Waals surface area contributed by atoms with E-state index in [1.54, 1.807) is 11.7 Å². The fraction of sp³-hybridized carbons (Fsp3) is 0.500. The molecule has 0 spiro atoms. The highest BCUT2D eigenvalue weighted by molar-refractivity contribution is 5.92. The Morgan fingerprint density at radius 2 is 1.90 bits per heavy atom. The molecule has 1 fully saturated rings. The minimum absolute atomic E-state index is 0.0261. The van der Waals surface area contributed by atoms with Crippen LogP contribution in [0.5, 0.6) is 0 Å². The molecule has 2 N–H and O–H groups in total. The van der Waals surface area contributed by atoms with Gasteiger partial charge in [0.05, 0.1) is 24.0 Å². The van der Waals surface area contributed by atoms with Crippen LogP contribution in [0.3, 0.4) is 0 Å². The van der Waals surface area contributed by atoms with Gasteiger partial charge in [0.2, 0.25) is 11.8 Å². The van der Waals surface area contributed by atoms with E-state index >= 15 is 0 Å². The molecular weight excluding hydrogens is 366 g/mol. The third-order valence-corrected chi connectivity index (χ3v) is 5.26. The van der Waals surface area contributed by atoms with Crippen molar-refractivity contribution in [1.29, 1.82) is 0 Å². The molecule has 3 rings (SSSR count). The molecule has 1 saturated heterocycles. The highest BCUT2D eigenvalue weighted by atomic mass is 16.2. The lowest BCUT2D eigenvalue weighted by molar-refractivity contribution is -0.128. The number of nitrogens with one attached hydrogen (secondary N) is 2. The van der Waals surface area contributed by atoms with Gasteiger partial charge in [0.15, 0.2) is 0 Å². The maximum atomic E-state index is 12.9. The average molecular weight is 398 g/mol. The van der Waals surface area contributed by atoms with Crippen LogP contribution in [0.4, 0.5) is 5.82 Å². The molecule has 2 amide bonds. The maximum Gasteiger partial charge on any atom is 0.239 e. The minimum atomic E-state index is -0.247. The number of para-hydroxylation sites is 1. The van der Waals surface area contributed by atoms with Crippen molar-refractivity contribution in [2.24, 2.45) is 0 Å². The zero-order valence-electron chi connectivity index (χ0n) is 17.7. The van der Waals surface area contributed by atoms with Crippen molar-refractivity contribution in [2.45, 2.75) is 51.5 Å². The summed E-state index contributed by atoms with van der Waals surface area (Å²) in [5, 5.41) is 10.5. The summed E-state index contributed by atoms with van der Waals surface area (Å²) in [4.78, 5) is 27.0. The van der Waals surface area contributed by atoms with E-state index in [1.165, 1.54) is 0 Å². The van der Waals surface area contributed by atoms with Gasteiger partial charge in [0, 0.05) is 18.5 Å². The lowest BCUT2D eigenvalue weighted by Crippen LogP contribution is -2.51. The van der Waals surface area contributed by atoms with Gasteiger partial charge in [-0.05, 0) is 31.5 Å². The number of nitrogens with zero attached hydrogens (tertiary/aromatic N) is 3. The van der Waals surface area contributed by atoms with Crippen LogP contribution >= 0.6 is 0 Å². The Hall–Kier alpha value is -2.67. The number of amides is 2. The molecule has 156 valence electrons. The van der Waals surface area contributed by atoms with E-state index in [9.17, 15) is 9.59 Å². The first kappa shape index (κ1) is 21.0. The van der Waals surface area contributed by atoms with Crippen molar-refractivity contribution in [1.82, 2.24) is 20.0 Å². The quantitative estimate of drug-likeness (QED) is 0.813. The number of likely N-dealkylation sites (N-methyl/N-ethyl adjacent to an activating group) is 1. The van der Waals surface area contributed by atoms with E-state index < -0.39 is 0 Å². The van der Waals surface area contributed by atoms with Gasteiger partial charge < -0.3 is 10.6 Å². The molecular formula is C22H31N5O2. The van der Waals surface area contributed by atoms with Crippen molar-refractivity contribution in [3.05, 3.63) is 42.1 Å². The summed E-state index contributed by atoms with van der Waals surface area (Å²) in [7, 11) is 1.64. The second-order valence-corrected chi connectivity index (χ2v) is 8.56. The lowest BCUT2D eigenvalue weighted by Gasteiger charge is -2.33. The Kier molecular flexibility index (Phi) is 6.37. The van der Waals surface area contributed by atoms with E-state index in [-0.39, 0.29) is 29.8 Å². The van der Waals surface area contributed by atoms with Crippen LogP contribution in [-0.2, 0) is 15.0 Å².